The maximum Gasteiger partial charge on any atom is 0.120 e. The van der Waals surface area contributed by atoms with E-state index in [1.807, 2.05) is 12.1 Å². The third-order valence-electron chi connectivity index (χ3n) is 2.68. The van der Waals surface area contributed by atoms with Gasteiger partial charge >= 0.3 is 0 Å². The van der Waals surface area contributed by atoms with Crippen molar-refractivity contribution in [2.45, 2.75) is 6.54 Å². The Morgan fingerprint density at radius 2 is 2.05 bits per heavy atom. The molecule has 2 N–H and O–H groups in total. The molecular formula is C14H13BrClNO2. The van der Waals surface area contributed by atoms with Crippen LogP contribution in [0.5, 0.6) is 11.5 Å². The summed E-state index contributed by atoms with van der Waals surface area (Å²) in [6.45, 7) is 0.458. The molecule has 5 heteroatoms. The molecule has 2 aromatic rings. The Hall–Kier alpha value is -1.39. The SMILES string of the molecule is COc1ccc(O)c(CNc2cc(Br)ccc2Cl)c1. The molecule has 0 fully saturated rings. The Balaban J connectivity index is 2.16. The van der Waals surface area contributed by atoms with E-state index in [-0.39, 0.29) is 5.75 Å². The highest BCUT2D eigenvalue weighted by Gasteiger charge is 2.05. The molecule has 0 amide bonds. The van der Waals surface area contributed by atoms with Gasteiger partial charge in [0.15, 0.2) is 0 Å². The Labute approximate surface area is 125 Å². The monoisotopic (exact) mass is 341 g/mol. The van der Waals surface area contributed by atoms with E-state index in [0.717, 1.165) is 15.7 Å². The molecule has 0 aliphatic rings. The maximum absolute atomic E-state index is 9.79. The third kappa shape index (κ3) is 3.55. The van der Waals surface area contributed by atoms with Crippen LogP contribution in [0.15, 0.2) is 40.9 Å². The molecule has 19 heavy (non-hydrogen) atoms. The molecule has 0 spiro atoms. The fourth-order valence-electron chi connectivity index (χ4n) is 1.65. The highest BCUT2D eigenvalue weighted by atomic mass is 79.9. The molecule has 0 unspecified atom stereocenters. The number of aromatic hydroxyl groups is 1. The second-order valence-electron chi connectivity index (χ2n) is 3.97. The van der Waals surface area contributed by atoms with Crippen LogP contribution in [0.25, 0.3) is 0 Å². The Morgan fingerprint density at radius 1 is 1.26 bits per heavy atom. The van der Waals surface area contributed by atoms with Gasteiger partial charge < -0.3 is 15.2 Å². The lowest BCUT2D eigenvalue weighted by Crippen LogP contribution is -2.00. The average molecular weight is 343 g/mol. The van der Waals surface area contributed by atoms with E-state index >= 15 is 0 Å². The maximum atomic E-state index is 9.79. The van der Waals surface area contributed by atoms with Crippen LogP contribution in [0.4, 0.5) is 5.69 Å². The number of ether oxygens (including phenoxy) is 1. The van der Waals surface area contributed by atoms with Gasteiger partial charge in [-0.25, -0.2) is 0 Å². The van der Waals surface area contributed by atoms with Gasteiger partial charge in [-0.05, 0) is 36.4 Å². The van der Waals surface area contributed by atoms with Gasteiger partial charge in [-0.15, -0.1) is 0 Å². The molecule has 0 aliphatic heterocycles. The van der Waals surface area contributed by atoms with E-state index in [2.05, 4.69) is 21.2 Å². The zero-order valence-electron chi connectivity index (χ0n) is 10.3. The van der Waals surface area contributed by atoms with Gasteiger partial charge in [-0.2, -0.15) is 0 Å². The van der Waals surface area contributed by atoms with Crippen molar-refractivity contribution in [3.8, 4) is 11.5 Å². The van der Waals surface area contributed by atoms with Crippen LogP contribution in [0.2, 0.25) is 5.02 Å². The zero-order valence-corrected chi connectivity index (χ0v) is 12.6. The van der Waals surface area contributed by atoms with Crippen molar-refractivity contribution in [1.29, 1.82) is 0 Å². The van der Waals surface area contributed by atoms with E-state index in [0.29, 0.717) is 17.3 Å². The number of rotatable bonds is 4. The van der Waals surface area contributed by atoms with Crippen LogP contribution in [0.1, 0.15) is 5.56 Å². The Bertz CT molecular complexity index is 590. The second-order valence-corrected chi connectivity index (χ2v) is 5.30. The van der Waals surface area contributed by atoms with Crippen LogP contribution < -0.4 is 10.1 Å². The molecule has 0 atom stereocenters. The summed E-state index contributed by atoms with van der Waals surface area (Å²) < 4.78 is 6.07. The summed E-state index contributed by atoms with van der Waals surface area (Å²) in [6, 6.07) is 10.7. The summed E-state index contributed by atoms with van der Waals surface area (Å²) in [4.78, 5) is 0. The molecule has 0 aliphatic carbocycles. The summed E-state index contributed by atoms with van der Waals surface area (Å²) in [5.41, 5.74) is 1.55. The molecule has 0 saturated carbocycles. The van der Waals surface area contributed by atoms with E-state index in [4.69, 9.17) is 16.3 Å². The minimum atomic E-state index is 0.222. The summed E-state index contributed by atoms with van der Waals surface area (Å²) in [5.74, 6) is 0.925. The quantitative estimate of drug-likeness (QED) is 0.863. The van der Waals surface area contributed by atoms with E-state index in [1.54, 1.807) is 31.4 Å². The van der Waals surface area contributed by atoms with Crippen molar-refractivity contribution < 1.29 is 9.84 Å². The number of phenols is 1. The molecule has 0 radical (unpaired) electrons. The number of anilines is 1. The van der Waals surface area contributed by atoms with Gasteiger partial charge in [0.1, 0.15) is 11.5 Å². The van der Waals surface area contributed by atoms with Gasteiger partial charge in [0.2, 0.25) is 0 Å². The minimum absolute atomic E-state index is 0.222. The molecular weight excluding hydrogens is 330 g/mol. The van der Waals surface area contributed by atoms with Crippen LogP contribution in [-0.4, -0.2) is 12.2 Å². The van der Waals surface area contributed by atoms with Crippen molar-refractivity contribution in [3.05, 3.63) is 51.5 Å². The van der Waals surface area contributed by atoms with E-state index in [1.165, 1.54) is 0 Å². The van der Waals surface area contributed by atoms with Crippen molar-refractivity contribution in [1.82, 2.24) is 0 Å². The first-order chi connectivity index (χ1) is 9.10. The van der Waals surface area contributed by atoms with Crippen molar-refractivity contribution in [2.75, 3.05) is 12.4 Å². The topological polar surface area (TPSA) is 41.5 Å². The fourth-order valence-corrected chi connectivity index (χ4v) is 2.20. The van der Waals surface area contributed by atoms with Crippen LogP contribution in [0.3, 0.4) is 0 Å². The minimum Gasteiger partial charge on any atom is -0.508 e. The Morgan fingerprint density at radius 3 is 2.79 bits per heavy atom. The van der Waals surface area contributed by atoms with Crippen molar-refractivity contribution in [2.24, 2.45) is 0 Å². The summed E-state index contributed by atoms with van der Waals surface area (Å²) >= 11 is 9.48. The van der Waals surface area contributed by atoms with Gasteiger partial charge in [-0.3, -0.25) is 0 Å². The predicted octanol–water partition coefficient (Wildman–Crippen LogP) is 4.43. The first-order valence-corrected chi connectivity index (χ1v) is 6.82. The lowest BCUT2D eigenvalue weighted by atomic mass is 10.2. The van der Waals surface area contributed by atoms with E-state index < -0.39 is 0 Å². The number of nitrogens with one attached hydrogen (secondary N) is 1. The van der Waals surface area contributed by atoms with Gasteiger partial charge in [0.25, 0.3) is 0 Å². The highest BCUT2D eigenvalue weighted by Crippen LogP contribution is 2.28. The molecule has 100 valence electrons. The molecule has 0 aromatic heterocycles. The molecule has 2 aromatic carbocycles. The van der Waals surface area contributed by atoms with Crippen LogP contribution in [0, 0.1) is 0 Å². The van der Waals surface area contributed by atoms with Crippen LogP contribution >= 0.6 is 27.5 Å². The van der Waals surface area contributed by atoms with E-state index in [9.17, 15) is 5.11 Å². The largest absolute Gasteiger partial charge is 0.508 e. The van der Waals surface area contributed by atoms with Crippen molar-refractivity contribution >= 4 is 33.2 Å². The van der Waals surface area contributed by atoms with Crippen molar-refractivity contribution in [3.63, 3.8) is 0 Å². The highest BCUT2D eigenvalue weighted by molar-refractivity contribution is 9.10. The molecule has 0 bridgehead atoms. The average Bonchev–Trinajstić information content (AvgIpc) is 2.41. The summed E-state index contributed by atoms with van der Waals surface area (Å²) in [6.07, 6.45) is 0. The number of phenolic OH excluding ortho intramolecular Hbond substituents is 1. The second kappa shape index (κ2) is 6.17. The fraction of sp³-hybridized carbons (Fsp3) is 0.143. The lowest BCUT2D eigenvalue weighted by molar-refractivity contribution is 0.411. The predicted molar refractivity (Wildman–Crippen MR) is 81.1 cm³/mol. The van der Waals surface area contributed by atoms with Gasteiger partial charge in [-0.1, -0.05) is 27.5 Å². The van der Waals surface area contributed by atoms with Crippen LogP contribution in [-0.2, 0) is 6.54 Å². The number of hydrogen-bond acceptors (Lipinski definition) is 3. The number of hydrogen-bond donors (Lipinski definition) is 2. The first kappa shape index (κ1) is 14.0. The number of halogens is 2. The lowest BCUT2D eigenvalue weighted by Gasteiger charge is -2.11. The normalized spacial score (nSPS) is 10.3. The van der Waals surface area contributed by atoms with Gasteiger partial charge in [0.05, 0.1) is 17.8 Å². The summed E-state index contributed by atoms with van der Waals surface area (Å²) in [5, 5.41) is 13.6. The number of methoxy groups -OCH3 is 1. The first-order valence-electron chi connectivity index (χ1n) is 5.65. The molecule has 3 nitrogen and oxygen atoms in total. The van der Waals surface area contributed by atoms with Gasteiger partial charge in [0, 0.05) is 16.6 Å². The Kier molecular flexibility index (Phi) is 4.56. The standard InChI is InChI=1S/C14H13BrClNO2/c1-19-11-3-5-14(18)9(6-11)8-17-13-7-10(15)2-4-12(13)16/h2-7,17-18H,8H2,1H3. The molecule has 0 saturated heterocycles. The number of benzene rings is 2. The third-order valence-corrected chi connectivity index (χ3v) is 3.51. The molecule has 0 heterocycles. The smallest absolute Gasteiger partial charge is 0.120 e. The summed E-state index contributed by atoms with van der Waals surface area (Å²) in [7, 11) is 1.59. The zero-order chi connectivity index (χ0) is 13.8. The molecule has 2 rings (SSSR count).